The van der Waals surface area contributed by atoms with E-state index in [1.165, 1.54) is 5.56 Å². The minimum absolute atomic E-state index is 0.00301. The number of aliphatic hydroxyl groups is 2. The van der Waals surface area contributed by atoms with Crippen LogP contribution < -0.4 is 5.32 Å². The number of rotatable bonds is 13. The van der Waals surface area contributed by atoms with Crippen LogP contribution in [0.3, 0.4) is 0 Å². The molecule has 1 saturated heterocycles. The molecule has 1 amide bonds. The second-order valence-electron chi connectivity index (χ2n) is 11.6. The van der Waals surface area contributed by atoms with Gasteiger partial charge in [0.15, 0.2) is 0 Å². The van der Waals surface area contributed by atoms with Crippen molar-refractivity contribution in [3.8, 4) is 11.1 Å². The molecule has 1 saturated carbocycles. The predicted octanol–water partition coefficient (Wildman–Crippen LogP) is 5.56. The summed E-state index contributed by atoms with van der Waals surface area (Å²) >= 11 is 6.89. The monoisotopic (exact) mass is 570 g/mol. The molecule has 1 unspecified atom stereocenters. The summed E-state index contributed by atoms with van der Waals surface area (Å²) in [5.74, 6) is 0.119. The number of methoxy groups -OCH3 is 1. The highest BCUT2D eigenvalue weighted by Gasteiger charge is 2.44. The van der Waals surface area contributed by atoms with E-state index in [0.29, 0.717) is 31.1 Å². The molecule has 6 nitrogen and oxygen atoms in total. The molecule has 220 valence electrons. The van der Waals surface area contributed by atoms with Gasteiger partial charge in [0.2, 0.25) is 5.91 Å². The van der Waals surface area contributed by atoms with Gasteiger partial charge in [0.05, 0.1) is 12.2 Å². The van der Waals surface area contributed by atoms with Crippen molar-refractivity contribution >= 4 is 17.5 Å². The highest BCUT2D eigenvalue weighted by atomic mass is 35.5. The summed E-state index contributed by atoms with van der Waals surface area (Å²) in [4.78, 5) is 15.7. The third kappa shape index (κ3) is 7.27. The number of aliphatic hydroxyl groups excluding tert-OH is 1. The maximum atomic E-state index is 13.7. The molecule has 1 heterocycles. The first kappa shape index (κ1) is 31.0. The second-order valence-corrected chi connectivity index (χ2v) is 12.0. The third-order valence-corrected chi connectivity index (χ3v) is 9.31. The van der Waals surface area contributed by atoms with Crippen molar-refractivity contribution in [2.24, 2.45) is 11.8 Å². The van der Waals surface area contributed by atoms with E-state index in [2.05, 4.69) is 36.5 Å². The van der Waals surface area contributed by atoms with E-state index in [-0.39, 0.29) is 30.4 Å². The molecular weight excluding hydrogens is 524 g/mol. The minimum Gasteiger partial charge on any atom is -0.395 e. The lowest BCUT2D eigenvalue weighted by atomic mass is 9.72. The van der Waals surface area contributed by atoms with Gasteiger partial charge in [-0.1, -0.05) is 54.9 Å². The van der Waals surface area contributed by atoms with E-state index in [1.807, 2.05) is 23.1 Å². The van der Waals surface area contributed by atoms with Gasteiger partial charge < -0.3 is 25.2 Å². The summed E-state index contributed by atoms with van der Waals surface area (Å²) in [6.45, 7) is 4.75. The molecule has 4 atom stereocenters. The molecule has 1 aliphatic heterocycles. The Bertz CT molecular complexity index is 1110. The third-order valence-electron chi connectivity index (χ3n) is 9.00. The molecule has 7 heteroatoms. The molecule has 40 heavy (non-hydrogen) atoms. The number of aryl methyl sites for hydroxylation is 1. The van der Waals surface area contributed by atoms with Crippen LogP contribution in [0, 0.1) is 11.8 Å². The average Bonchev–Trinajstić information content (AvgIpc) is 3.46. The Balaban J connectivity index is 1.63. The van der Waals surface area contributed by atoms with Crippen molar-refractivity contribution in [2.45, 2.75) is 76.4 Å². The summed E-state index contributed by atoms with van der Waals surface area (Å²) in [6.07, 6.45) is 7.56. The number of halogens is 1. The highest BCUT2D eigenvalue weighted by Crippen LogP contribution is 2.46. The van der Waals surface area contributed by atoms with Crippen molar-refractivity contribution in [3.63, 3.8) is 0 Å². The predicted molar refractivity (Wildman–Crippen MR) is 161 cm³/mol. The van der Waals surface area contributed by atoms with E-state index < -0.39 is 5.60 Å². The molecule has 2 fully saturated rings. The lowest BCUT2D eigenvalue weighted by molar-refractivity contribution is -0.141. The smallest absolute Gasteiger partial charge is 0.225 e. The summed E-state index contributed by atoms with van der Waals surface area (Å²) in [5, 5.41) is 25.9. The number of benzene rings is 2. The zero-order valence-electron chi connectivity index (χ0n) is 24.2. The maximum Gasteiger partial charge on any atom is 0.225 e. The van der Waals surface area contributed by atoms with Crippen LogP contribution in [0.4, 0.5) is 0 Å². The topological polar surface area (TPSA) is 82.0 Å². The zero-order valence-corrected chi connectivity index (χ0v) is 25.0. The molecule has 3 N–H and O–H groups in total. The van der Waals surface area contributed by atoms with E-state index in [9.17, 15) is 9.90 Å². The molecule has 0 spiro atoms. The quantitative estimate of drug-likeness (QED) is 0.275. The van der Waals surface area contributed by atoms with Gasteiger partial charge in [-0.05, 0) is 80.5 Å². The fraction of sp³-hybridized carbons (Fsp3) is 0.606. The molecule has 2 aliphatic rings. The normalized spacial score (nSPS) is 22.8. The van der Waals surface area contributed by atoms with Crippen LogP contribution in [0.15, 0.2) is 42.5 Å². The summed E-state index contributed by atoms with van der Waals surface area (Å²) in [7, 11) is 1.71. The number of piperidine rings is 1. The Morgan fingerprint density at radius 2 is 2.00 bits per heavy atom. The van der Waals surface area contributed by atoms with E-state index in [0.717, 1.165) is 74.6 Å². The first-order valence-corrected chi connectivity index (χ1v) is 15.5. The largest absolute Gasteiger partial charge is 0.395 e. The number of carbonyl (C=O) groups is 1. The number of hydrogen-bond donors (Lipinski definition) is 3. The van der Waals surface area contributed by atoms with Gasteiger partial charge in [-0.25, -0.2) is 0 Å². The Morgan fingerprint density at radius 3 is 2.77 bits per heavy atom. The summed E-state index contributed by atoms with van der Waals surface area (Å²) < 4.78 is 5.31. The van der Waals surface area contributed by atoms with Gasteiger partial charge >= 0.3 is 0 Å². The lowest BCUT2D eigenvalue weighted by Crippen LogP contribution is -2.49. The molecule has 2 aromatic carbocycles. The molecule has 0 bridgehead atoms. The summed E-state index contributed by atoms with van der Waals surface area (Å²) in [6, 6.07) is 14.6. The Labute approximate surface area is 245 Å². The van der Waals surface area contributed by atoms with Gasteiger partial charge in [-0.15, -0.1) is 0 Å². The Kier molecular flexibility index (Phi) is 11.5. The number of likely N-dealkylation sites (tertiary alicyclic amines) is 1. The Morgan fingerprint density at radius 1 is 1.18 bits per heavy atom. The standard InChI is InChI=1S/C33H47ClN2O4/c1-3-24-9-6-10-25(21-24)31-29(12-7-13-30(31)34)33(39,16-4-5-20-40-2)27-11-8-18-36(23-27)32(38)26-14-15-28(22-26)35-17-19-37/h6-7,9-10,12-13,21,26-28,35,37,39H,3-5,8,11,14-20,22-23H2,1-2H3/t26-,27-,28+,33?/m1/s1. The molecule has 4 rings (SSSR count). The number of ether oxygens (including phenoxy) is 1. The molecule has 2 aromatic rings. The van der Waals surface area contributed by atoms with Crippen molar-refractivity contribution in [2.75, 3.05) is 40.0 Å². The first-order valence-electron chi connectivity index (χ1n) is 15.1. The second kappa shape index (κ2) is 14.8. The maximum absolute atomic E-state index is 13.7. The molecule has 0 radical (unpaired) electrons. The zero-order chi connectivity index (χ0) is 28.5. The SMILES string of the molecule is CCc1cccc(-c2c(Cl)cccc2C(O)(CCCCOC)[C@@H]2CCCN(C(=O)[C@@H]3CC[C@H](NCCO)C3)C2)c1. The van der Waals surface area contributed by atoms with Crippen LogP contribution in [0.5, 0.6) is 0 Å². The highest BCUT2D eigenvalue weighted by molar-refractivity contribution is 6.33. The number of amides is 1. The van der Waals surface area contributed by atoms with Gasteiger partial charge in [0.1, 0.15) is 0 Å². The first-order chi connectivity index (χ1) is 19.4. The van der Waals surface area contributed by atoms with Gasteiger partial charge in [-0.3, -0.25) is 4.79 Å². The average molecular weight is 571 g/mol. The van der Waals surface area contributed by atoms with Crippen LogP contribution in [0.1, 0.15) is 69.4 Å². The number of unbranched alkanes of at least 4 members (excludes halogenated alkanes) is 1. The van der Waals surface area contributed by atoms with E-state index in [4.69, 9.17) is 21.4 Å². The molecule has 1 aliphatic carbocycles. The van der Waals surface area contributed by atoms with E-state index in [1.54, 1.807) is 7.11 Å². The number of hydrogen-bond acceptors (Lipinski definition) is 5. The van der Waals surface area contributed by atoms with Gasteiger partial charge in [0.25, 0.3) is 0 Å². The van der Waals surface area contributed by atoms with Gasteiger partial charge in [-0.2, -0.15) is 0 Å². The van der Waals surface area contributed by atoms with Crippen LogP contribution in [-0.2, 0) is 21.6 Å². The van der Waals surface area contributed by atoms with Crippen molar-refractivity contribution in [1.29, 1.82) is 0 Å². The van der Waals surface area contributed by atoms with Crippen LogP contribution in [-0.4, -0.2) is 67.0 Å². The fourth-order valence-electron chi connectivity index (χ4n) is 6.81. The lowest BCUT2D eigenvalue weighted by Gasteiger charge is -2.44. The molecular formula is C33H47ClN2O4. The van der Waals surface area contributed by atoms with E-state index >= 15 is 0 Å². The number of nitrogens with zero attached hydrogens (tertiary/aromatic N) is 1. The number of carbonyl (C=O) groups excluding carboxylic acids is 1. The molecule has 0 aromatic heterocycles. The van der Waals surface area contributed by atoms with Crippen LogP contribution in [0.2, 0.25) is 5.02 Å². The van der Waals surface area contributed by atoms with Crippen molar-refractivity contribution in [1.82, 2.24) is 10.2 Å². The summed E-state index contributed by atoms with van der Waals surface area (Å²) in [5.41, 5.74) is 2.87. The number of nitrogens with one attached hydrogen (secondary N) is 1. The van der Waals surface area contributed by atoms with Crippen molar-refractivity contribution < 1.29 is 19.7 Å². The van der Waals surface area contributed by atoms with Gasteiger partial charge in [0, 0.05) is 61.8 Å². The Hall–Kier alpha value is -1.96. The van der Waals surface area contributed by atoms with Crippen LogP contribution >= 0.6 is 11.6 Å². The fourth-order valence-corrected chi connectivity index (χ4v) is 7.09. The van der Waals surface area contributed by atoms with Crippen molar-refractivity contribution in [3.05, 3.63) is 58.6 Å². The minimum atomic E-state index is -1.13. The van der Waals surface area contributed by atoms with Crippen LogP contribution in [0.25, 0.3) is 11.1 Å².